The predicted octanol–water partition coefficient (Wildman–Crippen LogP) is 0.601. The molecule has 0 aliphatic carbocycles. The van der Waals surface area contributed by atoms with E-state index in [-0.39, 0.29) is 0 Å². The van der Waals surface area contributed by atoms with Gasteiger partial charge < -0.3 is 10.4 Å². The second kappa shape index (κ2) is 4.41. The van der Waals surface area contributed by atoms with Gasteiger partial charge in [0, 0.05) is 7.05 Å². The van der Waals surface area contributed by atoms with Crippen LogP contribution in [0.25, 0.3) is 0 Å². The zero-order valence-electron chi connectivity index (χ0n) is 7.73. The number of likely N-dealkylation sites (N-methyl/N-ethyl adjacent to an activating group) is 1. The second-order valence-electron chi connectivity index (χ2n) is 2.80. The van der Waals surface area contributed by atoms with Crippen LogP contribution in [0.15, 0.2) is 30.3 Å². The minimum atomic E-state index is -1.14. The number of carbonyl (C=O) groups is 2. The fourth-order valence-electron chi connectivity index (χ4n) is 1.20. The van der Waals surface area contributed by atoms with Crippen molar-refractivity contribution in [2.75, 3.05) is 7.05 Å². The molecular formula is C10H11NO3. The minimum Gasteiger partial charge on any atom is -0.480 e. The Labute approximate surface area is 81.6 Å². The highest BCUT2D eigenvalue weighted by atomic mass is 16.4. The maximum atomic E-state index is 11.3. The van der Waals surface area contributed by atoms with Gasteiger partial charge in [-0.3, -0.25) is 9.59 Å². The van der Waals surface area contributed by atoms with E-state index in [9.17, 15) is 9.59 Å². The lowest BCUT2D eigenvalue weighted by atomic mass is 9.99. The Morgan fingerprint density at radius 2 is 1.86 bits per heavy atom. The molecule has 1 rings (SSSR count). The van der Waals surface area contributed by atoms with Gasteiger partial charge in [0.25, 0.3) is 0 Å². The van der Waals surface area contributed by atoms with E-state index in [0.717, 1.165) is 0 Å². The first-order valence-electron chi connectivity index (χ1n) is 4.16. The largest absolute Gasteiger partial charge is 0.480 e. The third-order valence-corrected chi connectivity index (χ3v) is 1.89. The van der Waals surface area contributed by atoms with E-state index in [1.807, 2.05) is 0 Å². The van der Waals surface area contributed by atoms with E-state index >= 15 is 0 Å². The van der Waals surface area contributed by atoms with Crippen LogP contribution in [0.2, 0.25) is 0 Å². The molecule has 2 N–H and O–H groups in total. The molecule has 0 spiro atoms. The third kappa shape index (κ3) is 2.10. The molecule has 0 aromatic heterocycles. The van der Waals surface area contributed by atoms with Crippen LogP contribution >= 0.6 is 0 Å². The molecule has 1 unspecified atom stereocenters. The van der Waals surface area contributed by atoms with Crippen molar-refractivity contribution in [3.05, 3.63) is 35.9 Å². The molecule has 1 amide bonds. The van der Waals surface area contributed by atoms with Crippen molar-refractivity contribution in [2.45, 2.75) is 5.92 Å². The van der Waals surface area contributed by atoms with Gasteiger partial charge in [-0.15, -0.1) is 0 Å². The lowest BCUT2D eigenvalue weighted by Gasteiger charge is -2.10. The summed E-state index contributed by atoms with van der Waals surface area (Å²) in [6.45, 7) is 0. The van der Waals surface area contributed by atoms with Crippen molar-refractivity contribution in [3.63, 3.8) is 0 Å². The van der Waals surface area contributed by atoms with Crippen molar-refractivity contribution in [2.24, 2.45) is 0 Å². The Hall–Kier alpha value is -1.84. The van der Waals surface area contributed by atoms with Crippen LogP contribution in [0.5, 0.6) is 0 Å². The number of rotatable bonds is 3. The highest BCUT2D eigenvalue weighted by Gasteiger charge is 2.26. The molecule has 0 aliphatic heterocycles. The minimum absolute atomic E-state index is 0.486. The molecular weight excluding hydrogens is 182 g/mol. The molecule has 0 radical (unpaired) electrons. The number of benzene rings is 1. The number of carbonyl (C=O) groups excluding carboxylic acids is 1. The SMILES string of the molecule is CNC(=O)C(C(=O)O)c1ccccc1. The summed E-state index contributed by atoms with van der Waals surface area (Å²) in [5, 5.41) is 11.2. The molecule has 4 heteroatoms. The van der Waals surface area contributed by atoms with Crippen LogP contribution in [-0.4, -0.2) is 24.0 Å². The molecule has 0 saturated carbocycles. The summed E-state index contributed by atoms with van der Waals surface area (Å²) in [4.78, 5) is 22.1. The number of hydrogen-bond donors (Lipinski definition) is 2. The molecule has 0 heterocycles. The smallest absolute Gasteiger partial charge is 0.320 e. The number of carboxylic acid groups (broad SMARTS) is 1. The molecule has 1 aromatic rings. The summed E-state index contributed by atoms with van der Waals surface area (Å²) in [7, 11) is 1.42. The lowest BCUT2D eigenvalue weighted by molar-refractivity contribution is -0.143. The molecule has 1 aromatic carbocycles. The van der Waals surface area contributed by atoms with Crippen LogP contribution in [0.4, 0.5) is 0 Å². The predicted molar refractivity (Wildman–Crippen MR) is 50.9 cm³/mol. The second-order valence-corrected chi connectivity index (χ2v) is 2.80. The fourth-order valence-corrected chi connectivity index (χ4v) is 1.20. The zero-order valence-corrected chi connectivity index (χ0v) is 7.73. The topological polar surface area (TPSA) is 66.4 Å². The van der Waals surface area contributed by atoms with Crippen LogP contribution in [-0.2, 0) is 9.59 Å². The highest BCUT2D eigenvalue weighted by Crippen LogP contribution is 2.15. The zero-order chi connectivity index (χ0) is 10.6. The molecule has 0 saturated heterocycles. The summed E-state index contributed by atoms with van der Waals surface area (Å²) in [6, 6.07) is 8.41. The molecule has 74 valence electrons. The van der Waals surface area contributed by atoms with Crippen molar-refractivity contribution < 1.29 is 14.7 Å². The van der Waals surface area contributed by atoms with Crippen LogP contribution < -0.4 is 5.32 Å². The number of nitrogens with one attached hydrogen (secondary N) is 1. The Balaban J connectivity index is 3.01. The molecule has 0 aliphatic rings. The quantitative estimate of drug-likeness (QED) is 0.691. The first-order chi connectivity index (χ1) is 6.66. The van der Waals surface area contributed by atoms with E-state index < -0.39 is 17.8 Å². The fraction of sp³-hybridized carbons (Fsp3) is 0.200. The standard InChI is InChI=1S/C10H11NO3/c1-11-9(12)8(10(13)14)7-5-3-2-4-6-7/h2-6,8H,1H3,(H,11,12)(H,13,14). The summed E-state index contributed by atoms with van der Waals surface area (Å²) in [6.07, 6.45) is 0. The number of hydrogen-bond acceptors (Lipinski definition) is 2. The van der Waals surface area contributed by atoms with Gasteiger partial charge in [-0.05, 0) is 5.56 Å². The maximum Gasteiger partial charge on any atom is 0.320 e. The summed E-state index contributed by atoms with van der Waals surface area (Å²) < 4.78 is 0. The number of amides is 1. The number of carboxylic acids is 1. The van der Waals surface area contributed by atoms with Gasteiger partial charge in [-0.1, -0.05) is 30.3 Å². The monoisotopic (exact) mass is 193 g/mol. The highest BCUT2D eigenvalue weighted by molar-refractivity contribution is 6.02. The van der Waals surface area contributed by atoms with E-state index in [1.54, 1.807) is 30.3 Å². The van der Waals surface area contributed by atoms with Crippen molar-refractivity contribution in [1.29, 1.82) is 0 Å². The molecule has 4 nitrogen and oxygen atoms in total. The van der Waals surface area contributed by atoms with Crippen LogP contribution in [0, 0.1) is 0 Å². The Morgan fingerprint density at radius 1 is 1.29 bits per heavy atom. The molecule has 14 heavy (non-hydrogen) atoms. The summed E-state index contributed by atoms with van der Waals surface area (Å²) in [5.74, 6) is -2.78. The van der Waals surface area contributed by atoms with E-state index in [2.05, 4.69) is 5.32 Å². The van der Waals surface area contributed by atoms with Gasteiger partial charge in [0.1, 0.15) is 0 Å². The van der Waals surface area contributed by atoms with Gasteiger partial charge in [-0.2, -0.15) is 0 Å². The van der Waals surface area contributed by atoms with Gasteiger partial charge in [-0.25, -0.2) is 0 Å². The van der Waals surface area contributed by atoms with Gasteiger partial charge in [0.05, 0.1) is 0 Å². The van der Waals surface area contributed by atoms with Crippen LogP contribution in [0.3, 0.4) is 0 Å². The Morgan fingerprint density at radius 3 is 2.29 bits per heavy atom. The normalized spacial score (nSPS) is 11.8. The van der Waals surface area contributed by atoms with Crippen molar-refractivity contribution >= 4 is 11.9 Å². The van der Waals surface area contributed by atoms with Crippen LogP contribution in [0.1, 0.15) is 11.5 Å². The van der Waals surface area contributed by atoms with Gasteiger partial charge in [0.2, 0.25) is 5.91 Å². The summed E-state index contributed by atoms with van der Waals surface area (Å²) >= 11 is 0. The van der Waals surface area contributed by atoms with E-state index in [0.29, 0.717) is 5.56 Å². The molecule has 0 fully saturated rings. The van der Waals surface area contributed by atoms with Gasteiger partial charge >= 0.3 is 5.97 Å². The van der Waals surface area contributed by atoms with Gasteiger partial charge in [0.15, 0.2) is 5.92 Å². The maximum absolute atomic E-state index is 11.3. The molecule has 0 bridgehead atoms. The van der Waals surface area contributed by atoms with Crippen molar-refractivity contribution in [3.8, 4) is 0 Å². The molecule has 1 atom stereocenters. The third-order valence-electron chi connectivity index (χ3n) is 1.89. The first-order valence-corrected chi connectivity index (χ1v) is 4.16. The van der Waals surface area contributed by atoms with Crippen molar-refractivity contribution in [1.82, 2.24) is 5.32 Å². The average molecular weight is 193 g/mol. The van der Waals surface area contributed by atoms with E-state index in [4.69, 9.17) is 5.11 Å². The lowest BCUT2D eigenvalue weighted by Crippen LogP contribution is -2.31. The summed E-state index contributed by atoms with van der Waals surface area (Å²) in [5.41, 5.74) is 0.486. The number of aliphatic carboxylic acids is 1. The van der Waals surface area contributed by atoms with E-state index in [1.165, 1.54) is 7.05 Å². The first kappa shape index (κ1) is 10.2. The Kier molecular flexibility index (Phi) is 3.23. The average Bonchev–Trinajstić information content (AvgIpc) is 2.19. The Bertz CT molecular complexity index is 334.